The van der Waals surface area contributed by atoms with E-state index in [1.165, 1.54) is 12.1 Å². The van der Waals surface area contributed by atoms with Crippen LogP contribution >= 0.6 is 0 Å². The summed E-state index contributed by atoms with van der Waals surface area (Å²) < 4.78 is 32.5. The molecule has 5 nitrogen and oxygen atoms in total. The van der Waals surface area contributed by atoms with Crippen molar-refractivity contribution in [2.75, 3.05) is 25.5 Å². The smallest absolute Gasteiger partial charge is 0.411 e. The molecule has 0 saturated carbocycles. The van der Waals surface area contributed by atoms with Crippen LogP contribution in [0.5, 0.6) is 0 Å². The van der Waals surface area contributed by atoms with Crippen LogP contribution < -0.4 is 5.32 Å². The standard InChI is InChI=1S/C21H24F2N2O3/c1-25-7-2-3-18(25)6-8-28-21(27)24-20-5-4-14(13-26)9-19(20)15-10-16(22)12-17(23)11-15/h4-5,9-12,18,26H,2-3,6-8,13H2,1H3,(H,24,27). The minimum absolute atomic E-state index is 0.232. The van der Waals surface area contributed by atoms with Crippen LogP contribution in [0.3, 0.4) is 0 Å². The van der Waals surface area contributed by atoms with Crippen LogP contribution in [0.15, 0.2) is 36.4 Å². The number of aliphatic hydroxyl groups is 1. The van der Waals surface area contributed by atoms with E-state index in [9.17, 15) is 18.7 Å². The number of likely N-dealkylation sites (tertiary alicyclic amines) is 1. The molecule has 1 atom stereocenters. The molecule has 1 aliphatic heterocycles. The van der Waals surface area contributed by atoms with Crippen molar-refractivity contribution < 1.29 is 23.4 Å². The number of benzene rings is 2. The number of aliphatic hydroxyl groups excluding tert-OH is 1. The van der Waals surface area contributed by atoms with Gasteiger partial charge in [0.05, 0.1) is 18.9 Å². The Balaban J connectivity index is 1.71. The normalized spacial score (nSPS) is 16.9. The second-order valence-corrected chi connectivity index (χ2v) is 7.02. The van der Waals surface area contributed by atoms with E-state index in [1.54, 1.807) is 18.2 Å². The van der Waals surface area contributed by atoms with Crippen molar-refractivity contribution >= 4 is 11.8 Å². The zero-order valence-electron chi connectivity index (χ0n) is 15.8. The summed E-state index contributed by atoms with van der Waals surface area (Å²) in [5.41, 5.74) is 1.57. The first kappa shape index (κ1) is 20.2. The molecule has 2 aromatic carbocycles. The lowest BCUT2D eigenvalue weighted by molar-refractivity contribution is 0.147. The van der Waals surface area contributed by atoms with Gasteiger partial charge in [-0.05, 0) is 68.2 Å². The molecule has 0 bridgehead atoms. The summed E-state index contributed by atoms with van der Waals surface area (Å²) in [5, 5.41) is 12.0. The van der Waals surface area contributed by atoms with Crippen LogP contribution in [0, 0.1) is 11.6 Å². The summed E-state index contributed by atoms with van der Waals surface area (Å²) in [6, 6.07) is 8.33. The maximum absolute atomic E-state index is 13.6. The highest BCUT2D eigenvalue weighted by Crippen LogP contribution is 2.31. The lowest BCUT2D eigenvalue weighted by atomic mass is 10.0. The van der Waals surface area contributed by atoms with Crippen LogP contribution in [-0.2, 0) is 11.3 Å². The fraction of sp³-hybridized carbons (Fsp3) is 0.381. The molecule has 2 aromatic rings. The summed E-state index contributed by atoms with van der Waals surface area (Å²) in [6.07, 6.45) is 2.38. The van der Waals surface area contributed by atoms with Gasteiger partial charge in [-0.1, -0.05) is 6.07 Å². The highest BCUT2D eigenvalue weighted by atomic mass is 19.1. The Kier molecular flexibility index (Phi) is 6.59. The van der Waals surface area contributed by atoms with E-state index < -0.39 is 17.7 Å². The van der Waals surface area contributed by atoms with Crippen molar-refractivity contribution in [3.63, 3.8) is 0 Å². The Morgan fingerprint density at radius 3 is 2.64 bits per heavy atom. The van der Waals surface area contributed by atoms with E-state index in [4.69, 9.17) is 4.74 Å². The minimum Gasteiger partial charge on any atom is -0.449 e. The summed E-state index contributed by atoms with van der Waals surface area (Å²) in [6.45, 7) is 1.12. The molecule has 0 aromatic heterocycles. The average molecular weight is 390 g/mol. The second-order valence-electron chi connectivity index (χ2n) is 7.02. The van der Waals surface area contributed by atoms with Crippen LogP contribution in [-0.4, -0.2) is 42.3 Å². The maximum atomic E-state index is 13.6. The highest BCUT2D eigenvalue weighted by Gasteiger charge is 2.21. The van der Waals surface area contributed by atoms with Gasteiger partial charge in [0.1, 0.15) is 11.6 Å². The molecular formula is C21H24F2N2O3. The molecule has 0 radical (unpaired) electrons. The van der Waals surface area contributed by atoms with E-state index >= 15 is 0 Å². The van der Waals surface area contributed by atoms with Gasteiger partial charge < -0.3 is 14.7 Å². The molecule has 2 N–H and O–H groups in total. The number of rotatable bonds is 6. The molecule has 1 heterocycles. The number of amides is 1. The molecule has 1 fully saturated rings. The van der Waals surface area contributed by atoms with Gasteiger partial charge in [-0.2, -0.15) is 0 Å². The monoisotopic (exact) mass is 390 g/mol. The van der Waals surface area contributed by atoms with E-state index in [-0.39, 0.29) is 12.2 Å². The Bertz CT molecular complexity index is 824. The SMILES string of the molecule is CN1CCCC1CCOC(=O)Nc1ccc(CO)cc1-c1cc(F)cc(F)c1. The van der Waals surface area contributed by atoms with Gasteiger partial charge in [0, 0.05) is 17.7 Å². The van der Waals surface area contributed by atoms with Crippen molar-refractivity contribution in [1.82, 2.24) is 4.90 Å². The Labute approximate surface area is 162 Å². The summed E-state index contributed by atoms with van der Waals surface area (Å²) in [5.74, 6) is -1.45. The summed E-state index contributed by atoms with van der Waals surface area (Å²) in [7, 11) is 2.06. The minimum atomic E-state index is -0.724. The number of nitrogens with one attached hydrogen (secondary N) is 1. The Morgan fingerprint density at radius 2 is 2.00 bits per heavy atom. The predicted octanol–water partition coefficient (Wildman–Crippen LogP) is 4.16. The molecule has 1 aliphatic rings. The molecular weight excluding hydrogens is 366 g/mol. The van der Waals surface area contributed by atoms with Gasteiger partial charge in [-0.15, -0.1) is 0 Å². The van der Waals surface area contributed by atoms with Crippen LogP contribution in [0.25, 0.3) is 11.1 Å². The van der Waals surface area contributed by atoms with Gasteiger partial charge in [-0.3, -0.25) is 5.32 Å². The van der Waals surface area contributed by atoms with Gasteiger partial charge in [0.2, 0.25) is 0 Å². The first-order chi connectivity index (χ1) is 13.5. The Morgan fingerprint density at radius 1 is 1.25 bits per heavy atom. The third-order valence-electron chi connectivity index (χ3n) is 5.03. The summed E-state index contributed by atoms with van der Waals surface area (Å²) in [4.78, 5) is 14.5. The molecule has 0 spiro atoms. The summed E-state index contributed by atoms with van der Waals surface area (Å²) >= 11 is 0. The molecule has 3 rings (SSSR count). The maximum Gasteiger partial charge on any atom is 0.411 e. The predicted molar refractivity (Wildman–Crippen MR) is 103 cm³/mol. The second kappa shape index (κ2) is 9.12. The lowest BCUT2D eigenvalue weighted by Crippen LogP contribution is -2.27. The molecule has 0 aliphatic carbocycles. The molecule has 1 amide bonds. The zero-order chi connectivity index (χ0) is 20.1. The lowest BCUT2D eigenvalue weighted by Gasteiger charge is -2.19. The molecule has 28 heavy (non-hydrogen) atoms. The van der Waals surface area contributed by atoms with E-state index in [2.05, 4.69) is 17.3 Å². The van der Waals surface area contributed by atoms with Gasteiger partial charge in [-0.25, -0.2) is 13.6 Å². The zero-order valence-corrected chi connectivity index (χ0v) is 15.8. The molecule has 150 valence electrons. The highest BCUT2D eigenvalue weighted by molar-refractivity contribution is 5.91. The van der Waals surface area contributed by atoms with Crippen LogP contribution in [0.4, 0.5) is 19.3 Å². The number of hydrogen-bond donors (Lipinski definition) is 2. The molecule has 7 heteroatoms. The van der Waals surface area contributed by atoms with E-state index in [0.717, 1.165) is 31.9 Å². The largest absolute Gasteiger partial charge is 0.449 e. The number of anilines is 1. The van der Waals surface area contributed by atoms with E-state index in [1.807, 2.05) is 0 Å². The molecule has 1 saturated heterocycles. The third kappa shape index (κ3) is 5.05. The van der Waals surface area contributed by atoms with Crippen molar-refractivity contribution in [3.05, 3.63) is 53.6 Å². The topological polar surface area (TPSA) is 61.8 Å². The van der Waals surface area contributed by atoms with E-state index in [0.29, 0.717) is 29.5 Å². The number of carbonyl (C=O) groups is 1. The van der Waals surface area contributed by atoms with Gasteiger partial charge >= 0.3 is 6.09 Å². The van der Waals surface area contributed by atoms with Crippen molar-refractivity contribution in [2.45, 2.75) is 31.9 Å². The Hall–Kier alpha value is -2.51. The van der Waals surface area contributed by atoms with Crippen molar-refractivity contribution in [1.29, 1.82) is 0 Å². The number of carbonyl (C=O) groups excluding carboxylic acids is 1. The number of nitrogens with zero attached hydrogens (tertiary/aromatic N) is 1. The number of hydrogen-bond acceptors (Lipinski definition) is 4. The van der Waals surface area contributed by atoms with Crippen LogP contribution in [0.2, 0.25) is 0 Å². The molecule has 1 unspecified atom stereocenters. The fourth-order valence-corrected chi connectivity index (χ4v) is 3.52. The van der Waals surface area contributed by atoms with Gasteiger partial charge in [0.25, 0.3) is 0 Å². The van der Waals surface area contributed by atoms with Gasteiger partial charge in [0.15, 0.2) is 0 Å². The average Bonchev–Trinajstić information content (AvgIpc) is 3.06. The quantitative estimate of drug-likeness (QED) is 0.778. The van der Waals surface area contributed by atoms with Crippen molar-refractivity contribution in [3.8, 4) is 11.1 Å². The first-order valence-corrected chi connectivity index (χ1v) is 9.30. The first-order valence-electron chi connectivity index (χ1n) is 9.30. The third-order valence-corrected chi connectivity index (χ3v) is 5.03. The van der Waals surface area contributed by atoms with Crippen LogP contribution in [0.1, 0.15) is 24.8 Å². The number of ether oxygens (including phenoxy) is 1. The number of halogens is 2. The fourth-order valence-electron chi connectivity index (χ4n) is 3.52. The van der Waals surface area contributed by atoms with Crippen molar-refractivity contribution in [2.24, 2.45) is 0 Å².